The average Bonchev–Trinajstić information content (AvgIpc) is 2.58. The maximum atomic E-state index is 3.85. The van der Waals surface area contributed by atoms with Crippen LogP contribution in [0.15, 0.2) is 73.9 Å². The highest BCUT2D eigenvalue weighted by Gasteiger charge is 2.05. The van der Waals surface area contributed by atoms with Crippen LogP contribution in [-0.4, -0.2) is 0 Å². The lowest BCUT2D eigenvalue weighted by Crippen LogP contribution is -1.89. The molecule has 1 aromatic rings. The van der Waals surface area contributed by atoms with Gasteiger partial charge in [-0.15, -0.1) is 0 Å². The molecule has 0 atom stereocenters. The van der Waals surface area contributed by atoms with Crippen LogP contribution in [0.3, 0.4) is 0 Å². The summed E-state index contributed by atoms with van der Waals surface area (Å²) in [6.07, 6.45) is 9.59. The minimum atomic E-state index is 1.03. The van der Waals surface area contributed by atoms with Gasteiger partial charge in [-0.05, 0) is 29.2 Å². The molecule has 0 fully saturated rings. The highest BCUT2D eigenvalue weighted by molar-refractivity contribution is 5.84. The molecule has 21 heavy (non-hydrogen) atoms. The highest BCUT2D eigenvalue weighted by Crippen LogP contribution is 2.25. The maximum absolute atomic E-state index is 3.85. The highest BCUT2D eigenvalue weighted by atomic mass is 14.1. The Morgan fingerprint density at radius 2 is 1.43 bits per heavy atom. The summed E-state index contributed by atoms with van der Waals surface area (Å²) in [4.78, 5) is 0. The monoisotopic (exact) mass is 282 g/mol. The molecule has 0 saturated heterocycles. The second-order valence-electron chi connectivity index (χ2n) is 3.57. The van der Waals surface area contributed by atoms with Gasteiger partial charge in [-0.25, -0.2) is 0 Å². The van der Waals surface area contributed by atoms with Gasteiger partial charge >= 0.3 is 0 Å². The Morgan fingerprint density at radius 3 is 1.86 bits per heavy atom. The second kappa shape index (κ2) is 14.3. The van der Waals surface area contributed by atoms with Crippen LogP contribution < -0.4 is 0 Å². The van der Waals surface area contributed by atoms with Crippen molar-refractivity contribution in [2.75, 3.05) is 0 Å². The van der Waals surface area contributed by atoms with Gasteiger partial charge in [0.1, 0.15) is 0 Å². The van der Waals surface area contributed by atoms with Gasteiger partial charge in [0.15, 0.2) is 0 Å². The smallest absolute Gasteiger partial charge is 0.0106 e. The number of hydrogen-bond acceptors (Lipinski definition) is 0. The third kappa shape index (κ3) is 6.76. The fourth-order valence-corrected chi connectivity index (χ4v) is 1.73. The zero-order valence-corrected chi connectivity index (χ0v) is 14.3. The maximum Gasteiger partial charge on any atom is -0.0106 e. The normalized spacial score (nSPS) is 8.62. The molecular formula is C21H30. The van der Waals surface area contributed by atoms with Crippen LogP contribution in [0.25, 0.3) is 11.6 Å². The standard InChI is InChI=1S/C17H18.2C2H6/c1-5-11-16(14(6-2)7-3)17-13-10-9-12-15(17)8-4;2*1-2/h5-13H,2-4H2,1H3;2*1-2H3/b11-5-;;. The van der Waals surface area contributed by atoms with Crippen LogP contribution in [0, 0.1) is 0 Å². The number of rotatable bonds is 5. The van der Waals surface area contributed by atoms with Crippen LogP contribution in [0.2, 0.25) is 0 Å². The molecule has 0 spiro atoms. The quantitative estimate of drug-likeness (QED) is 0.506. The van der Waals surface area contributed by atoms with Crippen molar-refractivity contribution in [3.63, 3.8) is 0 Å². The van der Waals surface area contributed by atoms with Gasteiger partial charge in [0.2, 0.25) is 0 Å². The molecule has 0 radical (unpaired) electrons. The van der Waals surface area contributed by atoms with Crippen molar-refractivity contribution in [2.24, 2.45) is 0 Å². The van der Waals surface area contributed by atoms with E-state index in [1.54, 1.807) is 0 Å². The van der Waals surface area contributed by atoms with Crippen LogP contribution in [0.5, 0.6) is 0 Å². The van der Waals surface area contributed by atoms with Crippen molar-refractivity contribution in [2.45, 2.75) is 34.6 Å². The van der Waals surface area contributed by atoms with E-state index in [0.29, 0.717) is 0 Å². The summed E-state index contributed by atoms with van der Waals surface area (Å²) in [5.74, 6) is 0. The van der Waals surface area contributed by atoms with Crippen molar-refractivity contribution in [1.29, 1.82) is 0 Å². The number of allylic oxidation sites excluding steroid dienone is 6. The van der Waals surface area contributed by atoms with Crippen molar-refractivity contribution in [3.05, 3.63) is 85.0 Å². The van der Waals surface area contributed by atoms with Crippen molar-refractivity contribution in [3.8, 4) is 0 Å². The van der Waals surface area contributed by atoms with Crippen molar-refractivity contribution < 1.29 is 0 Å². The SMILES string of the molecule is C=CC(C=C)=C(/C=C\C)c1ccccc1C=C.CC.CC. The largest absolute Gasteiger partial charge is 0.0984 e. The van der Waals surface area contributed by atoms with Crippen LogP contribution >= 0.6 is 0 Å². The molecule has 0 nitrogen and oxygen atoms in total. The average molecular weight is 282 g/mol. The first-order valence-corrected chi connectivity index (χ1v) is 7.62. The van der Waals surface area contributed by atoms with E-state index in [2.05, 4.69) is 37.9 Å². The molecule has 0 heterocycles. The lowest BCUT2D eigenvalue weighted by molar-refractivity contribution is 1.50. The van der Waals surface area contributed by atoms with E-state index in [-0.39, 0.29) is 0 Å². The Kier molecular flexibility index (Phi) is 14.5. The van der Waals surface area contributed by atoms with E-state index >= 15 is 0 Å². The first-order valence-electron chi connectivity index (χ1n) is 7.62. The topological polar surface area (TPSA) is 0 Å². The van der Waals surface area contributed by atoms with Gasteiger partial charge < -0.3 is 0 Å². The summed E-state index contributed by atoms with van der Waals surface area (Å²) in [7, 11) is 0. The third-order valence-electron chi connectivity index (χ3n) is 2.56. The fourth-order valence-electron chi connectivity index (χ4n) is 1.73. The molecule has 0 aliphatic heterocycles. The summed E-state index contributed by atoms with van der Waals surface area (Å²) >= 11 is 0. The molecule has 0 aliphatic carbocycles. The van der Waals surface area contributed by atoms with Gasteiger partial charge in [0.25, 0.3) is 0 Å². The van der Waals surface area contributed by atoms with Crippen molar-refractivity contribution in [1.82, 2.24) is 0 Å². The molecule has 0 aliphatic rings. The summed E-state index contributed by atoms with van der Waals surface area (Å²) in [5, 5.41) is 0. The van der Waals surface area contributed by atoms with Gasteiger partial charge in [0.05, 0.1) is 0 Å². The molecule has 0 N–H and O–H groups in total. The molecule has 0 saturated carbocycles. The van der Waals surface area contributed by atoms with Gasteiger partial charge in [-0.3, -0.25) is 0 Å². The minimum absolute atomic E-state index is 1.03. The van der Waals surface area contributed by atoms with Crippen LogP contribution in [-0.2, 0) is 0 Å². The molecule has 0 amide bonds. The first-order chi connectivity index (χ1) is 10.3. The predicted octanol–water partition coefficient (Wildman–Crippen LogP) is 7.08. The first kappa shape index (κ1) is 21.2. The van der Waals surface area contributed by atoms with E-state index < -0.39 is 0 Å². The molecule has 0 aromatic heterocycles. The lowest BCUT2D eigenvalue weighted by atomic mass is 9.95. The molecule has 0 heteroatoms. The summed E-state index contributed by atoms with van der Waals surface area (Å²) in [6, 6.07) is 8.17. The Morgan fingerprint density at radius 1 is 0.905 bits per heavy atom. The fraction of sp³-hybridized carbons (Fsp3) is 0.238. The van der Waals surface area contributed by atoms with E-state index in [0.717, 1.165) is 22.3 Å². The summed E-state index contributed by atoms with van der Waals surface area (Å²) < 4.78 is 0. The predicted molar refractivity (Wildman–Crippen MR) is 101 cm³/mol. The van der Waals surface area contributed by atoms with E-state index in [1.807, 2.05) is 71.1 Å². The zero-order chi connectivity index (χ0) is 16.7. The molecular weight excluding hydrogens is 252 g/mol. The lowest BCUT2D eigenvalue weighted by Gasteiger charge is -2.10. The molecule has 1 aromatic carbocycles. The summed E-state index contributed by atoms with van der Waals surface area (Å²) in [5.41, 5.74) is 4.41. The molecule has 0 bridgehead atoms. The molecule has 114 valence electrons. The van der Waals surface area contributed by atoms with E-state index in [9.17, 15) is 0 Å². The van der Waals surface area contributed by atoms with Gasteiger partial charge in [-0.1, -0.05) is 102 Å². The van der Waals surface area contributed by atoms with Crippen LogP contribution in [0.1, 0.15) is 45.7 Å². The zero-order valence-electron chi connectivity index (χ0n) is 14.3. The summed E-state index contributed by atoms with van der Waals surface area (Å²) in [6.45, 7) is 21.5. The molecule has 1 rings (SSSR count). The Bertz CT molecular complexity index is 475. The van der Waals surface area contributed by atoms with Gasteiger partial charge in [-0.2, -0.15) is 0 Å². The number of hydrogen-bond donors (Lipinski definition) is 0. The molecule has 0 unspecified atom stereocenters. The van der Waals surface area contributed by atoms with Crippen molar-refractivity contribution >= 4 is 11.6 Å². The minimum Gasteiger partial charge on any atom is -0.0984 e. The Hall–Kier alpha value is -2.08. The Balaban J connectivity index is 0. The number of benzene rings is 1. The Labute approximate surface area is 131 Å². The van der Waals surface area contributed by atoms with E-state index in [4.69, 9.17) is 0 Å². The second-order valence-corrected chi connectivity index (χ2v) is 3.57. The van der Waals surface area contributed by atoms with E-state index in [1.165, 1.54) is 0 Å². The van der Waals surface area contributed by atoms with Gasteiger partial charge in [0, 0.05) is 0 Å². The van der Waals surface area contributed by atoms with Crippen LogP contribution in [0.4, 0.5) is 0 Å². The third-order valence-corrected chi connectivity index (χ3v) is 2.56.